The second kappa shape index (κ2) is 11.0. The molecule has 0 aliphatic heterocycles. The fraction of sp³-hybridized carbons (Fsp3) is 0.394. The lowest BCUT2D eigenvalue weighted by Crippen LogP contribution is -2.29. The van der Waals surface area contributed by atoms with E-state index in [-0.39, 0.29) is 33.8 Å². The van der Waals surface area contributed by atoms with E-state index in [4.69, 9.17) is 0 Å². The Morgan fingerprint density at radius 3 is 1.76 bits per heavy atom. The van der Waals surface area contributed by atoms with Crippen LogP contribution in [0.1, 0.15) is 100 Å². The third kappa shape index (κ3) is 6.45. The Kier molecular flexibility index (Phi) is 8.40. The molecule has 3 aromatic rings. The monoisotopic (exact) mass is 514 g/mol. The second-order valence-corrected chi connectivity index (χ2v) is 11.9. The van der Waals surface area contributed by atoms with Gasteiger partial charge in [-0.1, -0.05) is 77.9 Å². The van der Waals surface area contributed by atoms with Crippen molar-refractivity contribution < 1.29 is 14.7 Å². The van der Waals surface area contributed by atoms with Crippen LogP contribution in [0.5, 0.6) is 5.75 Å². The van der Waals surface area contributed by atoms with Crippen LogP contribution in [-0.4, -0.2) is 22.3 Å². The van der Waals surface area contributed by atoms with Gasteiger partial charge in [0, 0.05) is 33.2 Å². The van der Waals surface area contributed by atoms with E-state index >= 15 is 0 Å². The zero-order chi connectivity index (χ0) is 28.3. The number of rotatable bonds is 10. The molecule has 0 fully saturated rings. The topological polar surface area (TPSA) is 78.4 Å². The van der Waals surface area contributed by atoms with Crippen molar-refractivity contribution in [3.8, 4) is 5.75 Å². The van der Waals surface area contributed by atoms with Crippen molar-refractivity contribution in [2.75, 3.05) is 10.6 Å². The fourth-order valence-corrected chi connectivity index (χ4v) is 4.18. The maximum absolute atomic E-state index is 13.0. The summed E-state index contributed by atoms with van der Waals surface area (Å²) in [5.74, 6) is -0.126. The van der Waals surface area contributed by atoms with Crippen molar-refractivity contribution in [3.63, 3.8) is 0 Å². The van der Waals surface area contributed by atoms with Crippen LogP contribution in [0.4, 0.5) is 11.4 Å². The fourth-order valence-electron chi connectivity index (χ4n) is 4.18. The minimum atomic E-state index is -0.381. The van der Waals surface area contributed by atoms with Gasteiger partial charge < -0.3 is 15.7 Å². The summed E-state index contributed by atoms with van der Waals surface area (Å²) in [7, 11) is 0. The number of carbonyl (C=O) groups excluding carboxylic acids is 2. The molecule has 0 bridgehead atoms. The Balaban J connectivity index is 1.76. The summed E-state index contributed by atoms with van der Waals surface area (Å²) in [6.07, 6.45) is 1.72. The Labute approximate surface area is 227 Å². The number of phenols is 1. The summed E-state index contributed by atoms with van der Waals surface area (Å²) >= 11 is 0. The average Bonchev–Trinajstić information content (AvgIpc) is 2.90. The number of Topliss-reactive ketones (excluding diaryl/α,β-unsaturated/α-hetero) is 1. The molecule has 0 spiro atoms. The van der Waals surface area contributed by atoms with E-state index in [1.165, 1.54) is 0 Å². The number of nitrogens with one attached hydrogen (secondary N) is 2. The zero-order valence-electron chi connectivity index (χ0n) is 24.0. The van der Waals surface area contributed by atoms with Gasteiger partial charge in [-0.2, -0.15) is 0 Å². The normalized spacial score (nSPS) is 12.2. The molecule has 5 nitrogen and oxygen atoms in total. The number of hydrogen-bond acceptors (Lipinski definition) is 4. The van der Waals surface area contributed by atoms with Crippen LogP contribution in [-0.2, 0) is 5.41 Å². The van der Waals surface area contributed by atoms with E-state index in [9.17, 15) is 14.7 Å². The molecule has 0 atom stereocenters. The minimum absolute atomic E-state index is 0.0141. The molecule has 0 unspecified atom stereocenters. The molecule has 0 saturated carbocycles. The highest BCUT2D eigenvalue weighted by Gasteiger charge is 2.28. The van der Waals surface area contributed by atoms with Gasteiger partial charge in [-0.25, -0.2) is 0 Å². The van der Waals surface area contributed by atoms with Crippen LogP contribution in [0.25, 0.3) is 0 Å². The molecule has 202 valence electrons. The molecule has 1 amide bonds. The first-order chi connectivity index (χ1) is 17.7. The summed E-state index contributed by atoms with van der Waals surface area (Å²) < 4.78 is 0. The Hall–Kier alpha value is -3.60. The first kappa shape index (κ1) is 29.0. The van der Waals surface area contributed by atoms with E-state index in [0.717, 1.165) is 35.2 Å². The molecule has 0 radical (unpaired) electrons. The molecule has 0 aliphatic carbocycles. The third-order valence-corrected chi connectivity index (χ3v) is 7.85. The van der Waals surface area contributed by atoms with Gasteiger partial charge in [-0.3, -0.25) is 9.59 Å². The van der Waals surface area contributed by atoms with Gasteiger partial charge in [0.25, 0.3) is 5.91 Å². The van der Waals surface area contributed by atoms with Gasteiger partial charge in [0.1, 0.15) is 5.75 Å². The van der Waals surface area contributed by atoms with Gasteiger partial charge in [-0.05, 0) is 68.1 Å². The van der Waals surface area contributed by atoms with Crippen molar-refractivity contribution in [2.45, 2.75) is 79.2 Å². The number of amides is 1. The van der Waals surface area contributed by atoms with Gasteiger partial charge in [-0.15, -0.1) is 0 Å². The Bertz CT molecular complexity index is 1290. The van der Waals surface area contributed by atoms with E-state index in [0.29, 0.717) is 11.3 Å². The predicted molar refractivity (Wildman–Crippen MR) is 157 cm³/mol. The number of carbonyl (C=O) groups is 2. The summed E-state index contributed by atoms with van der Waals surface area (Å²) in [5, 5.41) is 16.6. The predicted octanol–water partition coefficient (Wildman–Crippen LogP) is 8.19. The van der Waals surface area contributed by atoms with Crippen LogP contribution >= 0.6 is 0 Å². The van der Waals surface area contributed by atoms with E-state index < -0.39 is 0 Å². The lowest BCUT2D eigenvalue weighted by atomic mass is 9.76. The SMILES string of the molecule is CCC(C)(C)Nc1ccc(O)c(NC(=O)c2ccc(C(C)(C)c3ccc(C(=O)C(C)(C)CC)cc3)cc2)c1. The first-order valence-electron chi connectivity index (χ1n) is 13.4. The van der Waals surface area contributed by atoms with E-state index in [1.807, 2.05) is 57.2 Å². The van der Waals surface area contributed by atoms with Crippen LogP contribution in [0.2, 0.25) is 0 Å². The first-order valence-corrected chi connectivity index (χ1v) is 13.4. The lowest BCUT2D eigenvalue weighted by molar-refractivity contribution is 0.0832. The van der Waals surface area contributed by atoms with Gasteiger partial charge >= 0.3 is 0 Å². The molecule has 0 saturated heterocycles. The largest absolute Gasteiger partial charge is 0.506 e. The average molecular weight is 515 g/mol. The molecule has 0 aromatic heterocycles. The van der Waals surface area contributed by atoms with Crippen LogP contribution in [0.15, 0.2) is 66.7 Å². The molecule has 38 heavy (non-hydrogen) atoms. The van der Waals surface area contributed by atoms with Crippen LogP contribution in [0, 0.1) is 5.41 Å². The molecule has 3 N–H and O–H groups in total. The van der Waals surface area contributed by atoms with Crippen molar-refractivity contribution in [1.82, 2.24) is 0 Å². The van der Waals surface area contributed by atoms with Crippen molar-refractivity contribution in [1.29, 1.82) is 0 Å². The van der Waals surface area contributed by atoms with Crippen LogP contribution < -0.4 is 10.6 Å². The Morgan fingerprint density at radius 1 is 0.737 bits per heavy atom. The summed E-state index contributed by atoms with van der Waals surface area (Å²) in [4.78, 5) is 25.8. The highest BCUT2D eigenvalue weighted by Crippen LogP contribution is 2.34. The van der Waals surface area contributed by atoms with Crippen LogP contribution in [0.3, 0.4) is 0 Å². The summed E-state index contributed by atoms with van der Waals surface area (Å²) in [5.41, 5.74) is 3.74. The molecule has 0 heterocycles. The highest BCUT2D eigenvalue weighted by atomic mass is 16.3. The molecule has 5 heteroatoms. The number of anilines is 2. The molecular weight excluding hydrogens is 472 g/mol. The highest BCUT2D eigenvalue weighted by molar-refractivity contribution is 6.05. The van der Waals surface area contributed by atoms with Gasteiger partial charge in [0.15, 0.2) is 5.78 Å². The molecule has 3 rings (SSSR count). The quantitative estimate of drug-likeness (QED) is 0.145. The maximum atomic E-state index is 13.0. The number of benzene rings is 3. The standard InChI is InChI=1S/C33H42N2O3/c1-9-31(3,4)29(37)22-11-15-24(16-12-22)33(7,8)25-17-13-23(14-18-25)30(38)34-27-21-26(19-20-28(27)36)35-32(5,6)10-2/h11-21,35-36H,9-10H2,1-8H3,(H,34,38). The van der Waals surface area contributed by atoms with E-state index in [1.54, 1.807) is 30.3 Å². The lowest BCUT2D eigenvalue weighted by Gasteiger charge is -2.27. The molecule has 3 aromatic carbocycles. The van der Waals surface area contributed by atoms with Crippen molar-refractivity contribution in [3.05, 3.63) is 89.0 Å². The maximum Gasteiger partial charge on any atom is 0.255 e. The molecular formula is C33H42N2O3. The number of hydrogen-bond donors (Lipinski definition) is 3. The Morgan fingerprint density at radius 2 is 1.26 bits per heavy atom. The third-order valence-electron chi connectivity index (χ3n) is 7.85. The number of phenolic OH excluding ortho intramolecular Hbond substituents is 1. The smallest absolute Gasteiger partial charge is 0.255 e. The van der Waals surface area contributed by atoms with E-state index in [2.05, 4.69) is 45.3 Å². The zero-order valence-corrected chi connectivity index (χ0v) is 24.0. The van der Waals surface area contributed by atoms with Gasteiger partial charge in [0.05, 0.1) is 5.69 Å². The number of aromatic hydroxyl groups is 1. The summed E-state index contributed by atoms with van der Waals surface area (Å²) in [6, 6.07) is 20.5. The molecule has 0 aliphatic rings. The van der Waals surface area contributed by atoms with Crippen molar-refractivity contribution in [2.24, 2.45) is 5.41 Å². The summed E-state index contributed by atoms with van der Waals surface area (Å²) in [6.45, 7) is 16.5. The second-order valence-electron chi connectivity index (χ2n) is 11.9. The number of ketones is 1. The van der Waals surface area contributed by atoms with Crippen molar-refractivity contribution >= 4 is 23.1 Å². The minimum Gasteiger partial charge on any atom is -0.506 e. The van der Waals surface area contributed by atoms with Gasteiger partial charge in [0.2, 0.25) is 0 Å².